The second kappa shape index (κ2) is 5.25. The van der Waals surface area contributed by atoms with Gasteiger partial charge in [-0.2, -0.15) is 5.26 Å². The first-order valence-corrected chi connectivity index (χ1v) is 5.92. The number of amides is 1. The molecule has 88 valence electrons. The van der Waals surface area contributed by atoms with E-state index in [-0.39, 0.29) is 5.91 Å². The molecule has 1 aromatic rings. The fourth-order valence-electron chi connectivity index (χ4n) is 1.60. The normalized spacial score (nSPS) is 19.8. The minimum atomic E-state index is -0.546. The Morgan fingerprint density at radius 3 is 3.24 bits per heavy atom. The van der Waals surface area contributed by atoms with Crippen LogP contribution in [-0.4, -0.2) is 41.6 Å². The quantitative estimate of drug-likeness (QED) is 0.781. The Balaban J connectivity index is 2.16. The van der Waals surface area contributed by atoms with Gasteiger partial charge >= 0.3 is 0 Å². The zero-order chi connectivity index (χ0) is 12.3. The highest BCUT2D eigenvalue weighted by Gasteiger charge is 2.26. The maximum atomic E-state index is 12.2. The standard InChI is InChI=1S/C11H10BrN3O2/c12-9-2-1-3-14-10(9)11(16)15-4-5-17-8(6-13)7-15/h1-3,8H,4-5,7H2. The van der Waals surface area contributed by atoms with Gasteiger partial charge in [0.2, 0.25) is 0 Å². The molecular weight excluding hydrogens is 286 g/mol. The Labute approximate surface area is 107 Å². The first kappa shape index (κ1) is 12.0. The molecule has 6 heteroatoms. The molecule has 17 heavy (non-hydrogen) atoms. The van der Waals surface area contributed by atoms with Gasteiger partial charge in [0.05, 0.1) is 19.2 Å². The Morgan fingerprint density at radius 2 is 2.53 bits per heavy atom. The second-order valence-electron chi connectivity index (χ2n) is 3.57. The predicted octanol–water partition coefficient (Wildman–Crippen LogP) is 1.21. The summed E-state index contributed by atoms with van der Waals surface area (Å²) in [7, 11) is 0. The molecule has 1 saturated heterocycles. The second-order valence-corrected chi connectivity index (χ2v) is 4.43. The van der Waals surface area contributed by atoms with E-state index in [1.54, 1.807) is 23.2 Å². The van der Waals surface area contributed by atoms with Crippen LogP contribution < -0.4 is 0 Å². The van der Waals surface area contributed by atoms with Crippen molar-refractivity contribution in [2.24, 2.45) is 0 Å². The van der Waals surface area contributed by atoms with Gasteiger partial charge in [0.1, 0.15) is 5.69 Å². The van der Waals surface area contributed by atoms with Crippen LogP contribution in [0.3, 0.4) is 0 Å². The molecule has 5 nitrogen and oxygen atoms in total. The number of pyridine rings is 1. The number of morpholine rings is 1. The van der Waals surface area contributed by atoms with Gasteiger partial charge < -0.3 is 9.64 Å². The number of hydrogen-bond acceptors (Lipinski definition) is 4. The Kier molecular flexibility index (Phi) is 3.71. The number of nitrogens with zero attached hydrogens (tertiary/aromatic N) is 3. The van der Waals surface area contributed by atoms with E-state index in [4.69, 9.17) is 10.00 Å². The van der Waals surface area contributed by atoms with Crippen LogP contribution in [0.15, 0.2) is 22.8 Å². The number of aromatic nitrogens is 1. The highest BCUT2D eigenvalue weighted by atomic mass is 79.9. The van der Waals surface area contributed by atoms with Crippen LogP contribution >= 0.6 is 15.9 Å². The maximum Gasteiger partial charge on any atom is 0.273 e. The molecule has 1 aliphatic rings. The summed E-state index contributed by atoms with van der Waals surface area (Å²) in [4.78, 5) is 17.8. The summed E-state index contributed by atoms with van der Waals surface area (Å²) in [5.74, 6) is -0.180. The number of ether oxygens (including phenoxy) is 1. The maximum absolute atomic E-state index is 12.2. The minimum absolute atomic E-state index is 0.180. The third kappa shape index (κ3) is 2.62. The topological polar surface area (TPSA) is 66.2 Å². The van der Waals surface area contributed by atoms with Crippen molar-refractivity contribution >= 4 is 21.8 Å². The number of carbonyl (C=O) groups excluding carboxylic acids is 1. The minimum Gasteiger partial charge on any atom is -0.360 e. The van der Waals surface area contributed by atoms with Crippen molar-refractivity contribution in [1.29, 1.82) is 5.26 Å². The van der Waals surface area contributed by atoms with E-state index in [9.17, 15) is 4.79 Å². The van der Waals surface area contributed by atoms with Crippen LogP contribution in [0.25, 0.3) is 0 Å². The first-order valence-electron chi connectivity index (χ1n) is 5.13. The molecule has 1 atom stereocenters. The molecule has 0 spiro atoms. The third-order valence-electron chi connectivity index (χ3n) is 2.46. The average Bonchev–Trinajstić information content (AvgIpc) is 2.38. The summed E-state index contributed by atoms with van der Waals surface area (Å²) in [6.07, 6.45) is 1.02. The molecule has 2 rings (SSSR count). The van der Waals surface area contributed by atoms with E-state index < -0.39 is 6.10 Å². The molecule has 0 saturated carbocycles. The SMILES string of the molecule is N#CC1CN(C(=O)c2ncccc2Br)CCO1. The van der Waals surface area contributed by atoms with Crippen molar-refractivity contribution in [3.63, 3.8) is 0 Å². The van der Waals surface area contributed by atoms with Gasteiger partial charge in [-0.05, 0) is 28.1 Å². The summed E-state index contributed by atoms with van der Waals surface area (Å²) >= 11 is 3.29. The monoisotopic (exact) mass is 295 g/mol. The Morgan fingerprint density at radius 1 is 1.71 bits per heavy atom. The van der Waals surface area contributed by atoms with Crippen molar-refractivity contribution in [2.45, 2.75) is 6.10 Å². The van der Waals surface area contributed by atoms with Gasteiger partial charge in [0, 0.05) is 17.2 Å². The molecule has 0 N–H and O–H groups in total. The number of carbonyl (C=O) groups is 1. The molecule has 1 unspecified atom stereocenters. The van der Waals surface area contributed by atoms with Crippen LogP contribution in [0.5, 0.6) is 0 Å². The molecular formula is C11H10BrN3O2. The van der Waals surface area contributed by atoms with Gasteiger partial charge in [0.25, 0.3) is 5.91 Å². The van der Waals surface area contributed by atoms with Crippen LogP contribution in [-0.2, 0) is 4.74 Å². The third-order valence-corrected chi connectivity index (χ3v) is 3.10. The average molecular weight is 296 g/mol. The van der Waals surface area contributed by atoms with Gasteiger partial charge in [-0.15, -0.1) is 0 Å². The van der Waals surface area contributed by atoms with Crippen molar-refractivity contribution in [3.05, 3.63) is 28.5 Å². The Bertz CT molecular complexity index is 472. The fourth-order valence-corrected chi connectivity index (χ4v) is 2.03. The molecule has 1 aliphatic heterocycles. The summed E-state index contributed by atoms with van der Waals surface area (Å²) in [5.41, 5.74) is 0.367. The van der Waals surface area contributed by atoms with E-state index in [0.29, 0.717) is 29.9 Å². The van der Waals surface area contributed by atoms with E-state index in [1.807, 2.05) is 6.07 Å². The van der Waals surface area contributed by atoms with Crippen LogP contribution in [0.2, 0.25) is 0 Å². The van der Waals surface area contributed by atoms with Gasteiger partial charge in [0.15, 0.2) is 6.10 Å². The largest absolute Gasteiger partial charge is 0.360 e. The van der Waals surface area contributed by atoms with Gasteiger partial charge in [-0.3, -0.25) is 4.79 Å². The summed E-state index contributed by atoms with van der Waals surface area (Å²) in [6, 6.07) is 5.52. The van der Waals surface area contributed by atoms with Crippen molar-refractivity contribution in [3.8, 4) is 6.07 Å². The molecule has 0 aromatic carbocycles. The lowest BCUT2D eigenvalue weighted by atomic mass is 10.2. The number of halogens is 1. The van der Waals surface area contributed by atoms with Crippen LogP contribution in [0.1, 0.15) is 10.5 Å². The molecule has 1 fully saturated rings. The fraction of sp³-hybridized carbons (Fsp3) is 0.364. The summed E-state index contributed by atoms with van der Waals surface area (Å²) in [5, 5.41) is 8.78. The highest BCUT2D eigenvalue weighted by molar-refractivity contribution is 9.10. The lowest BCUT2D eigenvalue weighted by molar-refractivity contribution is 0.00315. The smallest absolute Gasteiger partial charge is 0.273 e. The predicted molar refractivity (Wildman–Crippen MR) is 63.2 cm³/mol. The highest BCUT2D eigenvalue weighted by Crippen LogP contribution is 2.16. The van der Waals surface area contributed by atoms with E-state index in [1.165, 1.54) is 0 Å². The zero-order valence-electron chi connectivity index (χ0n) is 8.97. The molecule has 2 heterocycles. The van der Waals surface area contributed by atoms with Crippen LogP contribution in [0.4, 0.5) is 0 Å². The molecule has 1 amide bonds. The lowest BCUT2D eigenvalue weighted by Gasteiger charge is -2.29. The van der Waals surface area contributed by atoms with Crippen molar-refractivity contribution in [2.75, 3.05) is 19.7 Å². The van der Waals surface area contributed by atoms with E-state index in [2.05, 4.69) is 20.9 Å². The molecule has 0 radical (unpaired) electrons. The van der Waals surface area contributed by atoms with E-state index >= 15 is 0 Å². The van der Waals surface area contributed by atoms with Crippen molar-refractivity contribution < 1.29 is 9.53 Å². The lowest BCUT2D eigenvalue weighted by Crippen LogP contribution is -2.45. The molecule has 1 aromatic heterocycles. The van der Waals surface area contributed by atoms with Crippen molar-refractivity contribution in [1.82, 2.24) is 9.88 Å². The van der Waals surface area contributed by atoms with E-state index in [0.717, 1.165) is 0 Å². The number of hydrogen-bond donors (Lipinski definition) is 0. The molecule has 0 aliphatic carbocycles. The number of rotatable bonds is 1. The summed E-state index contributed by atoms with van der Waals surface area (Å²) < 4.78 is 5.84. The molecule has 0 bridgehead atoms. The van der Waals surface area contributed by atoms with Crippen LogP contribution in [0, 0.1) is 11.3 Å². The zero-order valence-corrected chi connectivity index (χ0v) is 10.6. The Hall–Kier alpha value is -1.45. The number of nitriles is 1. The summed E-state index contributed by atoms with van der Waals surface area (Å²) in [6.45, 7) is 1.16. The van der Waals surface area contributed by atoms with Gasteiger partial charge in [-0.25, -0.2) is 4.98 Å². The first-order chi connectivity index (χ1) is 8.22. The van der Waals surface area contributed by atoms with Gasteiger partial charge in [-0.1, -0.05) is 0 Å².